The van der Waals surface area contributed by atoms with Crippen molar-refractivity contribution < 1.29 is 26.9 Å². The lowest BCUT2D eigenvalue weighted by Crippen LogP contribution is -2.50. The molecule has 0 saturated heterocycles. The van der Waals surface area contributed by atoms with Gasteiger partial charge in [0.15, 0.2) is 0 Å². The average Bonchev–Trinajstić information content (AvgIpc) is 2.59. The highest BCUT2D eigenvalue weighted by molar-refractivity contribution is 6.50. The second-order valence-electron chi connectivity index (χ2n) is 2.95. The first-order valence-corrected chi connectivity index (χ1v) is 4.52. The highest BCUT2D eigenvalue weighted by Gasteiger charge is 2.20. The summed E-state index contributed by atoms with van der Waals surface area (Å²) >= 11 is 0. The van der Waals surface area contributed by atoms with Gasteiger partial charge in [0.05, 0.1) is 0 Å². The molecular weight excluding hydrogens is 257 g/mol. The molecule has 0 spiro atoms. The summed E-state index contributed by atoms with van der Waals surface area (Å²) < 4.78 is 39.0. The van der Waals surface area contributed by atoms with Crippen LogP contribution in [0.3, 0.4) is 0 Å². The monoisotopic (exact) mass is 265 g/mol. The molecule has 1 aromatic heterocycles. The predicted molar refractivity (Wildman–Crippen MR) is 55.0 cm³/mol. The smallest absolute Gasteiger partial charge is 0.418 e. The highest BCUT2D eigenvalue weighted by atomic mass is 19.5. The first-order valence-electron chi connectivity index (χ1n) is 4.52. The van der Waals surface area contributed by atoms with Gasteiger partial charge < -0.3 is 23.0 Å². The van der Waals surface area contributed by atoms with Gasteiger partial charge in [-0.25, -0.2) is 10.2 Å². The summed E-state index contributed by atoms with van der Waals surface area (Å²) in [4.78, 5) is 6.06. The first kappa shape index (κ1) is 13.7. The van der Waals surface area contributed by atoms with Gasteiger partial charge in [-0.05, 0) is 17.3 Å². The van der Waals surface area contributed by atoms with Crippen LogP contribution in [0.25, 0.3) is 11.0 Å². The number of nitrogens with one attached hydrogen (secondary N) is 2. The number of aromatic amines is 1. The number of nitrogens with two attached hydrogens (primary N) is 1. The molecule has 0 aliphatic carbocycles. The SMILES string of the molecule is F[B-](F)(F)F.N=C(N)O[n+]1[nH]nc2ccccc21. The summed E-state index contributed by atoms with van der Waals surface area (Å²) in [6, 6.07) is 6.95. The van der Waals surface area contributed by atoms with Crippen molar-refractivity contribution in [2.24, 2.45) is 5.73 Å². The third-order valence-electron chi connectivity index (χ3n) is 1.55. The number of halogens is 4. The van der Waals surface area contributed by atoms with E-state index in [0.29, 0.717) is 0 Å². The Bertz CT molecular complexity index is 536. The van der Waals surface area contributed by atoms with Gasteiger partial charge in [0.25, 0.3) is 5.52 Å². The van der Waals surface area contributed by atoms with Gasteiger partial charge in [0.2, 0.25) is 5.52 Å². The Morgan fingerprint density at radius 1 is 1.33 bits per heavy atom. The van der Waals surface area contributed by atoms with E-state index in [9.17, 15) is 17.3 Å². The summed E-state index contributed by atoms with van der Waals surface area (Å²) in [7, 11) is -6.00. The molecule has 0 unspecified atom stereocenters. The van der Waals surface area contributed by atoms with E-state index in [1.807, 2.05) is 24.3 Å². The zero-order valence-electron chi connectivity index (χ0n) is 8.78. The van der Waals surface area contributed by atoms with Gasteiger partial charge in [-0.15, -0.1) is 0 Å². The van der Waals surface area contributed by atoms with Crippen molar-refractivity contribution in [3.63, 3.8) is 0 Å². The van der Waals surface area contributed by atoms with E-state index in [-0.39, 0.29) is 6.02 Å². The van der Waals surface area contributed by atoms with Crippen molar-refractivity contribution >= 4 is 24.3 Å². The molecule has 0 aliphatic rings. The Balaban J connectivity index is 0.000000280. The van der Waals surface area contributed by atoms with Crippen molar-refractivity contribution in [2.45, 2.75) is 0 Å². The van der Waals surface area contributed by atoms with Crippen LogP contribution >= 0.6 is 0 Å². The van der Waals surface area contributed by atoms with Crippen LogP contribution in [0.5, 0.6) is 0 Å². The molecule has 1 aromatic carbocycles. The maximum atomic E-state index is 9.75. The lowest BCUT2D eigenvalue weighted by atomic mass is 10.3. The number of benzene rings is 1. The summed E-state index contributed by atoms with van der Waals surface area (Å²) in [5.41, 5.74) is 6.55. The molecule has 4 N–H and O–H groups in total. The van der Waals surface area contributed by atoms with Crippen molar-refractivity contribution in [1.82, 2.24) is 10.3 Å². The Morgan fingerprint density at radius 2 is 1.89 bits per heavy atom. The topological polar surface area (TPSA) is 91.7 Å². The third-order valence-corrected chi connectivity index (χ3v) is 1.55. The van der Waals surface area contributed by atoms with Crippen LogP contribution in [0.4, 0.5) is 17.3 Å². The minimum Gasteiger partial charge on any atom is -0.418 e. The van der Waals surface area contributed by atoms with Gasteiger partial charge in [-0.3, -0.25) is 0 Å². The fourth-order valence-corrected chi connectivity index (χ4v) is 1.05. The second kappa shape index (κ2) is 5.34. The molecule has 0 aliphatic heterocycles. The molecule has 2 aromatic rings. The molecule has 11 heteroatoms. The Labute approximate surface area is 97.9 Å². The summed E-state index contributed by atoms with van der Waals surface area (Å²) in [6.07, 6.45) is 0. The van der Waals surface area contributed by atoms with Gasteiger partial charge in [0.1, 0.15) is 0 Å². The number of amidine groups is 1. The van der Waals surface area contributed by atoms with Crippen LogP contribution < -0.4 is 15.4 Å². The number of fused-ring (bicyclic) bond motifs is 1. The van der Waals surface area contributed by atoms with E-state index in [1.54, 1.807) is 0 Å². The van der Waals surface area contributed by atoms with Crippen LogP contribution in [0, 0.1) is 5.41 Å². The second-order valence-corrected chi connectivity index (χ2v) is 2.95. The molecule has 0 atom stereocenters. The van der Waals surface area contributed by atoms with E-state index in [4.69, 9.17) is 16.0 Å². The lowest BCUT2D eigenvalue weighted by Gasteiger charge is -1.94. The maximum Gasteiger partial charge on any atom is 0.673 e. The fraction of sp³-hybridized carbons (Fsp3) is 0. The Kier molecular flexibility index (Phi) is 4.07. The van der Waals surface area contributed by atoms with Crippen LogP contribution in [0.1, 0.15) is 0 Å². The number of aromatic nitrogens is 3. The standard InChI is InChI=1S/C7H7N5O.BF4/c8-7(9)13-12-6-4-2-1-3-5(6)10-11-12;2-1(3,4)5/h1-4H,(H3,8,9);/q;-1/p+1. The van der Waals surface area contributed by atoms with E-state index >= 15 is 0 Å². The molecule has 0 radical (unpaired) electrons. The summed E-state index contributed by atoms with van der Waals surface area (Å²) in [6.45, 7) is 0. The van der Waals surface area contributed by atoms with Crippen LogP contribution in [-0.2, 0) is 0 Å². The molecule has 0 saturated carbocycles. The van der Waals surface area contributed by atoms with Crippen molar-refractivity contribution in [3.8, 4) is 0 Å². The number of hydrogen-bond donors (Lipinski definition) is 3. The Hall–Kier alpha value is -2.33. The normalized spacial score (nSPS) is 10.7. The van der Waals surface area contributed by atoms with Crippen LogP contribution in [0.2, 0.25) is 0 Å². The maximum absolute atomic E-state index is 9.75. The first-order chi connectivity index (χ1) is 8.27. The van der Waals surface area contributed by atoms with Crippen molar-refractivity contribution in [1.29, 1.82) is 5.41 Å². The number of H-pyrrole nitrogens is 1. The third kappa shape index (κ3) is 4.68. The van der Waals surface area contributed by atoms with Gasteiger partial charge >= 0.3 is 13.3 Å². The minimum atomic E-state index is -6.00. The van der Waals surface area contributed by atoms with Crippen molar-refractivity contribution in [2.75, 3.05) is 0 Å². The minimum absolute atomic E-state index is 0.389. The molecule has 0 fully saturated rings. The van der Waals surface area contributed by atoms with Gasteiger partial charge in [-0.2, -0.15) is 0 Å². The number of para-hydroxylation sites is 2. The quantitative estimate of drug-likeness (QED) is 0.230. The molecule has 98 valence electrons. The molecular formula is C7H8BF4N5O. The molecule has 2 rings (SSSR count). The molecule has 18 heavy (non-hydrogen) atoms. The largest absolute Gasteiger partial charge is 0.673 e. The number of rotatable bonds is 1. The lowest BCUT2D eigenvalue weighted by molar-refractivity contribution is -0.893. The number of nitrogens with zero attached hydrogens (tertiary/aromatic N) is 2. The number of hydrogen-bond acceptors (Lipinski definition) is 3. The summed E-state index contributed by atoms with van der Waals surface area (Å²) in [5, 5.41) is 13.4. The summed E-state index contributed by atoms with van der Waals surface area (Å²) in [5.74, 6) is 0. The van der Waals surface area contributed by atoms with Gasteiger partial charge in [-0.1, -0.05) is 12.1 Å². The van der Waals surface area contributed by atoms with E-state index < -0.39 is 7.25 Å². The van der Waals surface area contributed by atoms with Crippen LogP contribution in [-0.4, -0.2) is 23.6 Å². The molecule has 6 nitrogen and oxygen atoms in total. The van der Waals surface area contributed by atoms with E-state index in [1.165, 1.54) is 4.85 Å². The Morgan fingerprint density at radius 3 is 2.44 bits per heavy atom. The molecule has 0 bridgehead atoms. The van der Waals surface area contributed by atoms with E-state index in [0.717, 1.165) is 11.0 Å². The fourth-order valence-electron chi connectivity index (χ4n) is 1.05. The van der Waals surface area contributed by atoms with Crippen LogP contribution in [0.15, 0.2) is 24.3 Å². The van der Waals surface area contributed by atoms with Gasteiger partial charge in [0, 0.05) is 9.94 Å². The zero-order chi connectivity index (χ0) is 13.8. The predicted octanol–water partition coefficient (Wildman–Crippen LogP) is 0.472. The van der Waals surface area contributed by atoms with E-state index in [2.05, 4.69) is 10.3 Å². The highest BCUT2D eigenvalue weighted by Crippen LogP contribution is 2.06. The molecule has 1 heterocycles. The average molecular weight is 265 g/mol. The van der Waals surface area contributed by atoms with Crippen molar-refractivity contribution in [3.05, 3.63) is 24.3 Å². The molecule has 0 amide bonds. The zero-order valence-corrected chi connectivity index (χ0v) is 8.78.